The van der Waals surface area contributed by atoms with Gasteiger partial charge in [-0.1, -0.05) is 24.6 Å². The summed E-state index contributed by atoms with van der Waals surface area (Å²) >= 11 is 0. The molecule has 1 heterocycles. The van der Waals surface area contributed by atoms with E-state index in [4.69, 9.17) is 24.1 Å². The van der Waals surface area contributed by atoms with Crippen LogP contribution in [0.3, 0.4) is 0 Å². The number of carboxylic acid groups (broad SMARTS) is 1. The Morgan fingerprint density at radius 2 is 1.88 bits per heavy atom. The Hall–Kier alpha value is -3.26. The van der Waals surface area contributed by atoms with E-state index in [2.05, 4.69) is 0 Å². The summed E-state index contributed by atoms with van der Waals surface area (Å²) in [7, 11) is 5.13. The molecule has 8 nitrogen and oxygen atoms in total. The molecule has 0 bridgehead atoms. The predicted octanol–water partition coefficient (Wildman–Crippen LogP) is 3.87. The van der Waals surface area contributed by atoms with Crippen molar-refractivity contribution in [2.24, 2.45) is 0 Å². The van der Waals surface area contributed by atoms with E-state index in [-0.39, 0.29) is 12.0 Å². The van der Waals surface area contributed by atoms with Gasteiger partial charge in [0.1, 0.15) is 17.9 Å². The van der Waals surface area contributed by atoms with Crippen LogP contribution >= 0.6 is 0 Å². The van der Waals surface area contributed by atoms with Gasteiger partial charge in [0.05, 0.1) is 14.2 Å². The van der Waals surface area contributed by atoms with Gasteiger partial charge in [0, 0.05) is 0 Å². The second-order valence-corrected chi connectivity index (χ2v) is 8.40. The Bertz CT molecular complexity index is 977. The Balaban J connectivity index is 1.79. The van der Waals surface area contributed by atoms with Gasteiger partial charge in [-0.2, -0.15) is 0 Å². The van der Waals surface area contributed by atoms with Crippen LogP contribution in [0.4, 0.5) is 0 Å². The minimum Gasteiger partial charge on any atom is -0.493 e. The quantitative estimate of drug-likeness (QED) is 0.494. The van der Waals surface area contributed by atoms with Crippen molar-refractivity contribution >= 4 is 11.9 Å². The summed E-state index contributed by atoms with van der Waals surface area (Å²) in [5.74, 6) is 0.416. The molecule has 1 unspecified atom stereocenters. The van der Waals surface area contributed by atoms with E-state index in [1.807, 2.05) is 36.2 Å². The van der Waals surface area contributed by atoms with Gasteiger partial charge in [0.15, 0.2) is 18.1 Å². The van der Waals surface area contributed by atoms with Crippen molar-refractivity contribution in [3.63, 3.8) is 0 Å². The molecular weight excluding hydrogens is 438 g/mol. The molecule has 0 aromatic heterocycles. The van der Waals surface area contributed by atoms with Crippen molar-refractivity contribution in [3.8, 4) is 17.2 Å². The summed E-state index contributed by atoms with van der Waals surface area (Å²) in [4.78, 5) is 26.0. The van der Waals surface area contributed by atoms with E-state index in [0.717, 1.165) is 36.9 Å². The lowest BCUT2D eigenvalue weighted by molar-refractivity contribution is -0.157. The van der Waals surface area contributed by atoms with Crippen LogP contribution in [0.1, 0.15) is 42.9 Å². The molecule has 34 heavy (non-hydrogen) atoms. The smallest absolute Gasteiger partial charge is 0.341 e. The zero-order valence-electron chi connectivity index (χ0n) is 20.0. The second-order valence-electron chi connectivity index (χ2n) is 8.40. The monoisotopic (exact) mass is 471 g/mol. The van der Waals surface area contributed by atoms with Crippen molar-refractivity contribution in [1.82, 2.24) is 4.90 Å². The number of methoxy groups -OCH3 is 2. The highest BCUT2D eigenvalue weighted by atomic mass is 16.5. The number of carboxylic acids is 1. The van der Waals surface area contributed by atoms with E-state index in [1.54, 1.807) is 32.4 Å². The molecular formula is C26H33NO7. The molecule has 0 amide bonds. The summed E-state index contributed by atoms with van der Waals surface area (Å²) < 4.78 is 22.1. The number of ether oxygens (including phenoxy) is 4. The molecule has 8 heteroatoms. The third-order valence-corrected chi connectivity index (χ3v) is 6.04. The second kappa shape index (κ2) is 12.3. The number of aryl methyl sites for hydroxylation is 1. The molecule has 2 aromatic rings. The first kappa shape index (κ1) is 25.4. The number of esters is 1. The van der Waals surface area contributed by atoms with Crippen LogP contribution < -0.4 is 14.2 Å². The highest BCUT2D eigenvalue weighted by Gasteiger charge is 2.30. The molecule has 2 aromatic carbocycles. The number of aliphatic carboxylic acids is 1. The maximum absolute atomic E-state index is 13.1. The number of piperidine rings is 1. The first-order chi connectivity index (χ1) is 16.4. The molecule has 1 fully saturated rings. The third-order valence-electron chi connectivity index (χ3n) is 6.04. The number of nitrogens with zero attached hydrogens (tertiary/aromatic N) is 1. The molecule has 1 aliphatic heterocycles. The van der Waals surface area contributed by atoms with Crippen LogP contribution in [-0.4, -0.2) is 62.4 Å². The summed E-state index contributed by atoms with van der Waals surface area (Å²) in [6.07, 6.45) is 3.52. The molecule has 0 saturated carbocycles. The highest BCUT2D eigenvalue weighted by molar-refractivity contribution is 5.76. The Labute approximate surface area is 200 Å². The SMILES string of the molecule is COc1ccc(CCC(OC(=O)[C@@H]2CCCCN2C)c2cccc(OCC(=O)O)c2)cc1OC. The Morgan fingerprint density at radius 3 is 2.59 bits per heavy atom. The first-order valence-electron chi connectivity index (χ1n) is 11.5. The zero-order chi connectivity index (χ0) is 24.5. The van der Waals surface area contributed by atoms with Crippen LogP contribution in [-0.2, 0) is 20.7 Å². The van der Waals surface area contributed by atoms with Crippen molar-refractivity contribution in [2.75, 3.05) is 34.4 Å². The molecule has 1 aliphatic rings. The average Bonchev–Trinajstić information content (AvgIpc) is 2.85. The van der Waals surface area contributed by atoms with Crippen LogP contribution in [0.2, 0.25) is 0 Å². The summed E-state index contributed by atoms with van der Waals surface area (Å²) in [6, 6.07) is 12.5. The first-order valence-corrected chi connectivity index (χ1v) is 11.5. The fraction of sp³-hybridized carbons (Fsp3) is 0.462. The summed E-state index contributed by atoms with van der Waals surface area (Å²) in [5.41, 5.74) is 1.78. The average molecular weight is 472 g/mol. The van der Waals surface area contributed by atoms with Crippen LogP contribution in [0.25, 0.3) is 0 Å². The molecule has 0 spiro atoms. The molecule has 1 N–H and O–H groups in total. The predicted molar refractivity (Wildman–Crippen MR) is 127 cm³/mol. The van der Waals surface area contributed by atoms with Crippen molar-refractivity contribution < 1.29 is 33.6 Å². The van der Waals surface area contributed by atoms with Gasteiger partial charge in [-0.25, -0.2) is 4.79 Å². The lowest BCUT2D eigenvalue weighted by Crippen LogP contribution is -2.43. The van der Waals surface area contributed by atoms with Gasteiger partial charge in [-0.05, 0) is 74.7 Å². The minimum atomic E-state index is -1.05. The fourth-order valence-corrected chi connectivity index (χ4v) is 4.17. The van der Waals surface area contributed by atoms with Crippen molar-refractivity contribution in [2.45, 2.75) is 44.2 Å². The van der Waals surface area contributed by atoms with E-state index in [1.165, 1.54) is 0 Å². The van der Waals surface area contributed by atoms with Gasteiger partial charge >= 0.3 is 11.9 Å². The van der Waals surface area contributed by atoms with Crippen LogP contribution in [0.15, 0.2) is 42.5 Å². The number of likely N-dealkylation sites (tertiary alicyclic amines) is 1. The maximum Gasteiger partial charge on any atom is 0.341 e. The van der Waals surface area contributed by atoms with Crippen molar-refractivity contribution in [1.29, 1.82) is 0 Å². The number of carbonyl (C=O) groups is 2. The largest absolute Gasteiger partial charge is 0.493 e. The molecule has 2 atom stereocenters. The summed E-state index contributed by atoms with van der Waals surface area (Å²) in [5, 5.41) is 8.91. The minimum absolute atomic E-state index is 0.239. The van der Waals surface area contributed by atoms with Gasteiger partial charge < -0.3 is 24.1 Å². The van der Waals surface area contributed by atoms with Crippen LogP contribution in [0, 0.1) is 0 Å². The van der Waals surface area contributed by atoms with Gasteiger partial charge in [0.2, 0.25) is 0 Å². The number of likely N-dealkylation sites (N-methyl/N-ethyl adjacent to an activating group) is 1. The molecule has 184 valence electrons. The van der Waals surface area contributed by atoms with Gasteiger partial charge in [-0.3, -0.25) is 9.69 Å². The maximum atomic E-state index is 13.1. The Kier molecular flexibility index (Phi) is 9.16. The standard InChI is InChI=1S/C26H33NO7/c1-27-14-5-4-9-21(27)26(30)34-22(19-7-6-8-20(16-19)33-17-25(28)29)12-10-18-11-13-23(31-2)24(15-18)32-3/h6-8,11,13,15-16,21-22H,4-5,9-10,12,14,17H2,1-3H3,(H,28,29)/t21-,22?/m0/s1. The topological polar surface area (TPSA) is 94.5 Å². The van der Waals surface area contributed by atoms with E-state index < -0.39 is 18.7 Å². The number of hydrogen-bond donors (Lipinski definition) is 1. The highest BCUT2D eigenvalue weighted by Crippen LogP contribution is 2.31. The van der Waals surface area contributed by atoms with Crippen LogP contribution in [0.5, 0.6) is 17.2 Å². The van der Waals surface area contributed by atoms with E-state index in [0.29, 0.717) is 30.1 Å². The molecule has 0 aliphatic carbocycles. The third kappa shape index (κ3) is 6.87. The molecule has 3 rings (SSSR count). The van der Waals surface area contributed by atoms with E-state index in [9.17, 15) is 9.59 Å². The zero-order valence-corrected chi connectivity index (χ0v) is 20.0. The van der Waals surface area contributed by atoms with Gasteiger partial charge in [-0.15, -0.1) is 0 Å². The van der Waals surface area contributed by atoms with Gasteiger partial charge in [0.25, 0.3) is 0 Å². The number of benzene rings is 2. The lowest BCUT2D eigenvalue weighted by Gasteiger charge is -2.32. The fourth-order valence-electron chi connectivity index (χ4n) is 4.17. The Morgan fingerprint density at radius 1 is 1.09 bits per heavy atom. The van der Waals surface area contributed by atoms with Crippen molar-refractivity contribution in [3.05, 3.63) is 53.6 Å². The number of rotatable bonds is 11. The molecule has 0 radical (unpaired) electrons. The lowest BCUT2D eigenvalue weighted by atomic mass is 9.99. The normalized spacial score (nSPS) is 17.0. The summed E-state index contributed by atoms with van der Waals surface area (Å²) in [6.45, 7) is 0.432. The number of carbonyl (C=O) groups excluding carboxylic acids is 1. The van der Waals surface area contributed by atoms with E-state index >= 15 is 0 Å². The molecule has 1 saturated heterocycles. The number of hydrogen-bond acceptors (Lipinski definition) is 7.